The van der Waals surface area contributed by atoms with E-state index in [1.54, 1.807) is 6.07 Å². The summed E-state index contributed by atoms with van der Waals surface area (Å²) in [5, 5.41) is 0. The summed E-state index contributed by atoms with van der Waals surface area (Å²) in [4.78, 5) is 8.78. The van der Waals surface area contributed by atoms with Gasteiger partial charge in [-0.3, -0.25) is 9.88 Å². The highest BCUT2D eigenvalue weighted by atomic mass is 19.1. The molecule has 120 valence electrons. The Morgan fingerprint density at radius 3 is 2.74 bits per heavy atom. The molecule has 23 heavy (non-hydrogen) atoms. The van der Waals surface area contributed by atoms with E-state index in [2.05, 4.69) is 26.9 Å². The van der Waals surface area contributed by atoms with Crippen LogP contribution in [0.5, 0.6) is 0 Å². The smallest absolute Gasteiger partial charge is 0.146 e. The fourth-order valence-corrected chi connectivity index (χ4v) is 4.27. The van der Waals surface area contributed by atoms with Crippen molar-refractivity contribution in [3.63, 3.8) is 0 Å². The molecule has 1 saturated heterocycles. The number of piperidine rings is 1. The lowest BCUT2D eigenvalue weighted by molar-refractivity contribution is 0.160. The van der Waals surface area contributed by atoms with Gasteiger partial charge in [0.2, 0.25) is 0 Å². The zero-order chi connectivity index (χ0) is 15.9. The zero-order valence-electron chi connectivity index (χ0n) is 13.5. The van der Waals surface area contributed by atoms with Gasteiger partial charge in [-0.1, -0.05) is 18.2 Å². The molecule has 3 nitrogen and oxygen atoms in total. The number of anilines is 1. The van der Waals surface area contributed by atoms with Crippen LogP contribution in [0.2, 0.25) is 0 Å². The van der Waals surface area contributed by atoms with E-state index in [-0.39, 0.29) is 11.2 Å². The minimum atomic E-state index is -0.0836. The first kappa shape index (κ1) is 14.6. The number of nitrogens with zero attached hydrogens (tertiary/aromatic N) is 3. The summed E-state index contributed by atoms with van der Waals surface area (Å²) < 4.78 is 14.2. The number of benzene rings is 1. The van der Waals surface area contributed by atoms with Crippen molar-refractivity contribution in [1.29, 1.82) is 0 Å². The Labute approximate surface area is 136 Å². The van der Waals surface area contributed by atoms with Crippen molar-refractivity contribution >= 4 is 5.69 Å². The van der Waals surface area contributed by atoms with E-state index in [1.807, 2.05) is 31.6 Å². The zero-order valence-corrected chi connectivity index (χ0v) is 13.5. The van der Waals surface area contributed by atoms with Gasteiger partial charge in [-0.25, -0.2) is 4.39 Å². The highest BCUT2D eigenvalue weighted by molar-refractivity contribution is 5.63. The molecule has 2 aromatic rings. The number of likely N-dealkylation sites (N-methyl/N-ethyl adjacent to an activating group) is 1. The second-order valence-corrected chi connectivity index (χ2v) is 6.91. The van der Waals surface area contributed by atoms with Crippen LogP contribution in [0.1, 0.15) is 24.0 Å². The Balaban J connectivity index is 1.51. The molecule has 2 aliphatic heterocycles. The molecule has 0 saturated carbocycles. The van der Waals surface area contributed by atoms with Crippen molar-refractivity contribution < 1.29 is 4.39 Å². The van der Waals surface area contributed by atoms with Crippen LogP contribution in [0.3, 0.4) is 0 Å². The first-order valence-electron chi connectivity index (χ1n) is 8.29. The van der Waals surface area contributed by atoms with E-state index in [9.17, 15) is 4.39 Å². The van der Waals surface area contributed by atoms with Gasteiger partial charge in [0.05, 0.1) is 5.69 Å². The van der Waals surface area contributed by atoms with Gasteiger partial charge in [-0.2, -0.15) is 0 Å². The number of rotatable bonds is 2. The lowest BCUT2D eigenvalue weighted by Gasteiger charge is -2.39. The number of pyridine rings is 1. The SMILES string of the molecule is CN1CC2(CCN(Cc3cccnc3)CC2)c2cccc(F)c21. The molecule has 1 aromatic heterocycles. The standard InChI is InChI=1S/C19H22FN3/c1-22-14-19(16-5-2-6-17(20)18(16)22)7-10-23(11-8-19)13-15-4-3-9-21-12-15/h2-6,9,12H,7-8,10-11,13-14H2,1H3. The highest BCUT2D eigenvalue weighted by Crippen LogP contribution is 2.47. The lowest BCUT2D eigenvalue weighted by atomic mass is 9.74. The normalized spacial score (nSPS) is 20.0. The largest absolute Gasteiger partial charge is 0.371 e. The summed E-state index contributed by atoms with van der Waals surface area (Å²) in [6.45, 7) is 4.00. The molecule has 0 N–H and O–H groups in total. The maximum atomic E-state index is 14.2. The molecule has 0 unspecified atom stereocenters. The summed E-state index contributed by atoms with van der Waals surface area (Å²) in [6.07, 6.45) is 5.94. The topological polar surface area (TPSA) is 19.4 Å². The second-order valence-electron chi connectivity index (χ2n) is 6.91. The van der Waals surface area contributed by atoms with E-state index >= 15 is 0 Å². The quantitative estimate of drug-likeness (QED) is 0.849. The van der Waals surface area contributed by atoms with Crippen LogP contribution < -0.4 is 4.90 Å². The maximum Gasteiger partial charge on any atom is 0.146 e. The van der Waals surface area contributed by atoms with E-state index in [0.29, 0.717) is 0 Å². The van der Waals surface area contributed by atoms with E-state index < -0.39 is 0 Å². The number of hydrogen-bond donors (Lipinski definition) is 0. The van der Waals surface area contributed by atoms with Gasteiger partial charge >= 0.3 is 0 Å². The Kier molecular flexibility index (Phi) is 3.57. The molecule has 2 aliphatic rings. The predicted octanol–water partition coefficient (Wildman–Crippen LogP) is 3.20. The molecule has 0 bridgehead atoms. The van der Waals surface area contributed by atoms with Crippen LogP contribution >= 0.6 is 0 Å². The number of fused-ring (bicyclic) bond motifs is 2. The molecule has 0 amide bonds. The van der Waals surface area contributed by atoms with E-state index in [0.717, 1.165) is 44.7 Å². The summed E-state index contributed by atoms with van der Waals surface area (Å²) in [6, 6.07) is 9.68. The number of aromatic nitrogens is 1. The summed E-state index contributed by atoms with van der Waals surface area (Å²) >= 11 is 0. The Hall–Kier alpha value is -1.94. The van der Waals surface area contributed by atoms with Crippen molar-refractivity contribution in [2.24, 2.45) is 0 Å². The van der Waals surface area contributed by atoms with Crippen LogP contribution in [0.15, 0.2) is 42.7 Å². The Morgan fingerprint density at radius 1 is 1.17 bits per heavy atom. The minimum Gasteiger partial charge on any atom is -0.371 e. The van der Waals surface area contributed by atoms with Crippen molar-refractivity contribution in [3.05, 3.63) is 59.7 Å². The average Bonchev–Trinajstić information content (AvgIpc) is 2.84. The number of hydrogen-bond acceptors (Lipinski definition) is 3. The highest BCUT2D eigenvalue weighted by Gasteiger charge is 2.44. The van der Waals surface area contributed by atoms with Crippen molar-refractivity contribution in [2.75, 3.05) is 31.6 Å². The van der Waals surface area contributed by atoms with Gasteiger partial charge in [0.15, 0.2) is 0 Å². The van der Waals surface area contributed by atoms with E-state index in [1.165, 1.54) is 11.1 Å². The first-order valence-corrected chi connectivity index (χ1v) is 8.29. The van der Waals surface area contributed by atoms with Gasteiger partial charge in [0.1, 0.15) is 5.82 Å². The van der Waals surface area contributed by atoms with Crippen LogP contribution in [0.25, 0.3) is 0 Å². The Morgan fingerprint density at radius 2 is 2.00 bits per heavy atom. The van der Waals surface area contributed by atoms with E-state index in [4.69, 9.17) is 0 Å². The molecule has 4 rings (SSSR count). The van der Waals surface area contributed by atoms with Gasteiger partial charge in [0.25, 0.3) is 0 Å². The third-order valence-corrected chi connectivity index (χ3v) is 5.42. The summed E-state index contributed by atoms with van der Waals surface area (Å²) in [5.41, 5.74) is 3.41. The van der Waals surface area contributed by atoms with Crippen molar-refractivity contribution in [1.82, 2.24) is 9.88 Å². The van der Waals surface area contributed by atoms with Gasteiger partial charge in [-0.15, -0.1) is 0 Å². The molecule has 1 aromatic carbocycles. The Bertz CT molecular complexity index is 693. The van der Waals surface area contributed by atoms with Gasteiger partial charge < -0.3 is 4.90 Å². The maximum absolute atomic E-state index is 14.2. The molecule has 1 fully saturated rings. The third-order valence-electron chi connectivity index (χ3n) is 5.42. The number of halogens is 1. The number of para-hydroxylation sites is 1. The molecule has 0 atom stereocenters. The third kappa shape index (κ3) is 2.51. The summed E-state index contributed by atoms with van der Waals surface area (Å²) in [5.74, 6) is -0.0836. The monoisotopic (exact) mass is 311 g/mol. The van der Waals surface area contributed by atoms with Crippen molar-refractivity contribution in [3.8, 4) is 0 Å². The van der Waals surface area contributed by atoms with Crippen LogP contribution in [0.4, 0.5) is 10.1 Å². The summed E-state index contributed by atoms with van der Waals surface area (Å²) in [7, 11) is 2.01. The second kappa shape index (κ2) is 5.60. The molecular formula is C19H22FN3. The molecule has 3 heterocycles. The average molecular weight is 311 g/mol. The molecule has 1 spiro atoms. The first-order chi connectivity index (χ1) is 11.2. The molecule has 0 aliphatic carbocycles. The minimum absolute atomic E-state index is 0.0836. The van der Waals surface area contributed by atoms with Crippen LogP contribution in [-0.4, -0.2) is 36.6 Å². The van der Waals surface area contributed by atoms with Crippen LogP contribution in [0, 0.1) is 5.82 Å². The van der Waals surface area contributed by atoms with Gasteiger partial charge in [-0.05, 0) is 49.2 Å². The predicted molar refractivity (Wildman–Crippen MR) is 90.1 cm³/mol. The van der Waals surface area contributed by atoms with Crippen molar-refractivity contribution in [2.45, 2.75) is 24.8 Å². The number of likely N-dealkylation sites (tertiary alicyclic amines) is 1. The fourth-order valence-electron chi connectivity index (χ4n) is 4.27. The van der Waals surface area contributed by atoms with Crippen LogP contribution in [-0.2, 0) is 12.0 Å². The molecule has 4 heteroatoms. The molecular weight excluding hydrogens is 289 g/mol. The van der Waals surface area contributed by atoms with Gasteiger partial charge in [0, 0.05) is 37.9 Å². The molecule has 0 radical (unpaired) electrons. The fraction of sp³-hybridized carbons (Fsp3) is 0.421. The lowest BCUT2D eigenvalue weighted by Crippen LogP contribution is -2.44.